The highest BCUT2D eigenvalue weighted by atomic mass is 16.2. The van der Waals surface area contributed by atoms with Crippen LogP contribution >= 0.6 is 0 Å². The summed E-state index contributed by atoms with van der Waals surface area (Å²) in [7, 11) is 3.39. The maximum Gasteiger partial charge on any atom is 0.253 e. The van der Waals surface area contributed by atoms with Crippen LogP contribution in [0.2, 0.25) is 0 Å². The SMILES string of the molecule is CN(C)C(=O)c1ccc(C#CCNC(=O)c2ccc(=O)[nH]c2)cc1. The molecule has 0 radical (unpaired) electrons. The Morgan fingerprint density at radius 2 is 1.75 bits per heavy atom. The number of rotatable bonds is 3. The summed E-state index contributed by atoms with van der Waals surface area (Å²) in [6.45, 7) is 0.177. The molecule has 0 fully saturated rings. The molecule has 0 spiro atoms. The second-order valence-electron chi connectivity index (χ2n) is 5.20. The number of amides is 2. The van der Waals surface area contributed by atoms with Crippen LogP contribution in [0.15, 0.2) is 47.4 Å². The lowest BCUT2D eigenvalue weighted by Crippen LogP contribution is -2.24. The van der Waals surface area contributed by atoms with Crippen LogP contribution in [0.25, 0.3) is 0 Å². The zero-order valence-electron chi connectivity index (χ0n) is 13.4. The Morgan fingerprint density at radius 3 is 2.33 bits per heavy atom. The molecule has 1 heterocycles. The number of hydrogen-bond donors (Lipinski definition) is 2. The molecule has 0 saturated heterocycles. The number of hydrogen-bond acceptors (Lipinski definition) is 3. The number of carbonyl (C=O) groups excluding carboxylic acids is 2. The summed E-state index contributed by atoms with van der Waals surface area (Å²) in [5.74, 6) is 5.36. The standard InChI is InChI=1S/C18H17N3O3/c1-21(2)18(24)14-7-5-13(6-8-14)4-3-11-19-17(23)15-9-10-16(22)20-12-15/h5-10,12H,11H2,1-2H3,(H,19,23)(H,20,22). The third-order valence-corrected chi connectivity index (χ3v) is 3.15. The number of pyridine rings is 1. The Hall–Kier alpha value is -3.33. The molecular formula is C18H17N3O3. The minimum atomic E-state index is -0.313. The van der Waals surface area contributed by atoms with Gasteiger partial charge in [-0.25, -0.2) is 0 Å². The monoisotopic (exact) mass is 323 g/mol. The smallest absolute Gasteiger partial charge is 0.253 e. The van der Waals surface area contributed by atoms with E-state index in [0.717, 1.165) is 5.56 Å². The summed E-state index contributed by atoms with van der Waals surface area (Å²) in [6, 6.07) is 9.68. The van der Waals surface area contributed by atoms with Crippen LogP contribution in [-0.2, 0) is 0 Å². The molecule has 122 valence electrons. The predicted molar refractivity (Wildman–Crippen MR) is 90.7 cm³/mol. The molecule has 24 heavy (non-hydrogen) atoms. The summed E-state index contributed by atoms with van der Waals surface area (Å²) in [4.78, 5) is 38.4. The second-order valence-corrected chi connectivity index (χ2v) is 5.20. The van der Waals surface area contributed by atoms with E-state index in [4.69, 9.17) is 0 Å². The molecule has 0 aliphatic heterocycles. The normalized spacial score (nSPS) is 9.58. The van der Waals surface area contributed by atoms with Crippen molar-refractivity contribution in [1.82, 2.24) is 15.2 Å². The van der Waals surface area contributed by atoms with E-state index >= 15 is 0 Å². The number of nitrogens with zero attached hydrogens (tertiary/aromatic N) is 1. The maximum atomic E-state index is 11.8. The minimum Gasteiger partial charge on any atom is -0.345 e. The van der Waals surface area contributed by atoms with Gasteiger partial charge in [0, 0.05) is 37.5 Å². The third kappa shape index (κ3) is 4.58. The molecule has 1 aromatic carbocycles. The fourth-order valence-corrected chi connectivity index (χ4v) is 1.88. The fourth-order valence-electron chi connectivity index (χ4n) is 1.88. The number of aromatic amines is 1. The lowest BCUT2D eigenvalue weighted by molar-refractivity contribution is 0.0827. The Labute approximate surface area is 139 Å². The molecular weight excluding hydrogens is 306 g/mol. The van der Waals surface area contributed by atoms with E-state index in [1.807, 2.05) is 0 Å². The highest BCUT2D eigenvalue weighted by molar-refractivity contribution is 5.94. The van der Waals surface area contributed by atoms with Crippen molar-refractivity contribution in [2.45, 2.75) is 0 Å². The Bertz CT molecular complexity index is 835. The molecule has 0 saturated carbocycles. The van der Waals surface area contributed by atoms with Crippen LogP contribution in [0, 0.1) is 11.8 Å². The zero-order valence-corrected chi connectivity index (χ0v) is 13.4. The van der Waals surface area contributed by atoms with Gasteiger partial charge < -0.3 is 15.2 Å². The summed E-state index contributed by atoms with van der Waals surface area (Å²) in [5, 5.41) is 2.64. The van der Waals surface area contributed by atoms with E-state index < -0.39 is 0 Å². The maximum absolute atomic E-state index is 11.8. The van der Waals surface area contributed by atoms with Crippen molar-refractivity contribution in [3.05, 3.63) is 69.6 Å². The molecule has 2 aromatic rings. The number of benzene rings is 1. The van der Waals surface area contributed by atoms with Gasteiger partial charge in [-0.05, 0) is 30.3 Å². The van der Waals surface area contributed by atoms with Crippen molar-refractivity contribution < 1.29 is 9.59 Å². The fraction of sp³-hybridized carbons (Fsp3) is 0.167. The molecule has 1 aromatic heterocycles. The Balaban J connectivity index is 1.91. The Morgan fingerprint density at radius 1 is 1.08 bits per heavy atom. The first-order valence-corrected chi connectivity index (χ1v) is 7.25. The number of aromatic nitrogens is 1. The van der Waals surface area contributed by atoms with Gasteiger partial charge in [-0.3, -0.25) is 14.4 Å². The van der Waals surface area contributed by atoms with Gasteiger partial charge in [-0.2, -0.15) is 0 Å². The van der Waals surface area contributed by atoms with Crippen molar-refractivity contribution in [3.8, 4) is 11.8 Å². The third-order valence-electron chi connectivity index (χ3n) is 3.15. The lowest BCUT2D eigenvalue weighted by atomic mass is 10.1. The molecule has 2 rings (SSSR count). The molecule has 0 aliphatic rings. The van der Waals surface area contributed by atoms with Crippen molar-refractivity contribution in [1.29, 1.82) is 0 Å². The molecule has 0 aliphatic carbocycles. The summed E-state index contributed by atoms with van der Waals surface area (Å²) >= 11 is 0. The van der Waals surface area contributed by atoms with Crippen LogP contribution < -0.4 is 10.9 Å². The average molecular weight is 323 g/mol. The van der Waals surface area contributed by atoms with Crippen molar-refractivity contribution in [2.24, 2.45) is 0 Å². The van der Waals surface area contributed by atoms with E-state index in [0.29, 0.717) is 11.1 Å². The van der Waals surface area contributed by atoms with Crippen molar-refractivity contribution >= 4 is 11.8 Å². The van der Waals surface area contributed by atoms with Crippen LogP contribution in [0.5, 0.6) is 0 Å². The van der Waals surface area contributed by atoms with Crippen LogP contribution in [0.3, 0.4) is 0 Å². The topological polar surface area (TPSA) is 82.3 Å². The summed E-state index contributed by atoms with van der Waals surface area (Å²) < 4.78 is 0. The second kappa shape index (κ2) is 7.79. The molecule has 2 amide bonds. The van der Waals surface area contributed by atoms with Gasteiger partial charge in [-0.1, -0.05) is 11.8 Å². The van der Waals surface area contributed by atoms with Gasteiger partial charge in [-0.15, -0.1) is 0 Å². The van der Waals surface area contributed by atoms with Crippen LogP contribution in [-0.4, -0.2) is 42.3 Å². The van der Waals surface area contributed by atoms with Crippen LogP contribution in [0.1, 0.15) is 26.3 Å². The van der Waals surface area contributed by atoms with E-state index in [9.17, 15) is 14.4 Å². The first-order chi connectivity index (χ1) is 11.5. The number of carbonyl (C=O) groups is 2. The number of nitrogens with one attached hydrogen (secondary N) is 2. The van der Waals surface area contributed by atoms with Gasteiger partial charge >= 0.3 is 0 Å². The minimum absolute atomic E-state index is 0.0670. The van der Waals surface area contributed by atoms with Crippen molar-refractivity contribution in [2.75, 3.05) is 20.6 Å². The number of H-pyrrole nitrogens is 1. The Kier molecular flexibility index (Phi) is 5.53. The molecule has 0 atom stereocenters. The predicted octanol–water partition coefficient (Wildman–Crippen LogP) is 0.858. The molecule has 6 nitrogen and oxygen atoms in total. The molecule has 6 heteroatoms. The van der Waals surface area contributed by atoms with E-state index in [1.54, 1.807) is 38.4 Å². The highest BCUT2D eigenvalue weighted by Crippen LogP contribution is 2.05. The summed E-state index contributed by atoms with van der Waals surface area (Å²) in [5.41, 5.74) is 1.45. The highest BCUT2D eigenvalue weighted by Gasteiger charge is 2.06. The largest absolute Gasteiger partial charge is 0.345 e. The van der Waals surface area contributed by atoms with Gasteiger partial charge in [0.2, 0.25) is 5.56 Å². The lowest BCUT2D eigenvalue weighted by Gasteiger charge is -2.09. The average Bonchev–Trinajstić information content (AvgIpc) is 2.59. The van der Waals surface area contributed by atoms with E-state index in [-0.39, 0.29) is 23.9 Å². The van der Waals surface area contributed by atoms with Gasteiger partial charge in [0.05, 0.1) is 12.1 Å². The van der Waals surface area contributed by atoms with Gasteiger partial charge in [0.25, 0.3) is 11.8 Å². The molecule has 0 bridgehead atoms. The quantitative estimate of drug-likeness (QED) is 0.822. The first-order valence-electron chi connectivity index (χ1n) is 7.25. The van der Waals surface area contributed by atoms with E-state index in [1.165, 1.54) is 23.2 Å². The first kappa shape index (κ1) is 17.0. The van der Waals surface area contributed by atoms with E-state index in [2.05, 4.69) is 22.1 Å². The van der Waals surface area contributed by atoms with Crippen molar-refractivity contribution in [3.63, 3.8) is 0 Å². The molecule has 0 unspecified atom stereocenters. The van der Waals surface area contributed by atoms with Gasteiger partial charge in [0.15, 0.2) is 0 Å². The zero-order chi connectivity index (χ0) is 17.5. The van der Waals surface area contributed by atoms with Crippen LogP contribution in [0.4, 0.5) is 0 Å². The molecule has 2 N–H and O–H groups in total. The van der Waals surface area contributed by atoms with Gasteiger partial charge in [0.1, 0.15) is 0 Å². The summed E-state index contributed by atoms with van der Waals surface area (Å²) in [6.07, 6.45) is 1.35.